The molecule has 0 aromatic heterocycles. The molecule has 3 N–H and O–H groups in total. The Morgan fingerprint density at radius 1 is 1.19 bits per heavy atom. The highest BCUT2D eigenvalue weighted by Crippen LogP contribution is 2.41. The van der Waals surface area contributed by atoms with Gasteiger partial charge in [0.2, 0.25) is 0 Å². The van der Waals surface area contributed by atoms with Gasteiger partial charge in [0.05, 0.1) is 38.8 Å². The van der Waals surface area contributed by atoms with Crippen LogP contribution in [0.15, 0.2) is 48.0 Å². The molecule has 2 heterocycles. The molecule has 4 rings (SSSR count). The highest BCUT2D eigenvalue weighted by atomic mass is 16.5. The van der Waals surface area contributed by atoms with Gasteiger partial charge in [0.15, 0.2) is 0 Å². The van der Waals surface area contributed by atoms with Gasteiger partial charge in [0.1, 0.15) is 23.4 Å². The van der Waals surface area contributed by atoms with Gasteiger partial charge in [-0.2, -0.15) is 0 Å². The molecular formula is C24H27N2O5+. The summed E-state index contributed by atoms with van der Waals surface area (Å²) in [5.41, 5.74) is 2.04. The highest BCUT2D eigenvalue weighted by molar-refractivity contribution is 6.46. The van der Waals surface area contributed by atoms with Crippen molar-refractivity contribution in [2.24, 2.45) is 0 Å². The minimum absolute atomic E-state index is 0.0324. The number of aliphatic hydroxyl groups is 1. The Kier molecular flexibility index (Phi) is 5.45. The molecule has 0 radical (unpaired) electrons. The van der Waals surface area contributed by atoms with E-state index in [1.165, 1.54) is 17.0 Å². The van der Waals surface area contributed by atoms with Crippen LogP contribution in [0, 0.1) is 0 Å². The van der Waals surface area contributed by atoms with Crippen LogP contribution in [0.5, 0.6) is 11.5 Å². The van der Waals surface area contributed by atoms with Crippen LogP contribution in [0.2, 0.25) is 0 Å². The molecule has 0 saturated carbocycles. The first-order valence-electron chi connectivity index (χ1n) is 10.4. The number of carbonyl (C=O) groups excluding carboxylic acids is 2. The average molecular weight is 423 g/mol. The van der Waals surface area contributed by atoms with Gasteiger partial charge in [0.25, 0.3) is 11.7 Å². The lowest BCUT2D eigenvalue weighted by Crippen LogP contribution is -3.06. The first-order valence-corrected chi connectivity index (χ1v) is 10.4. The quantitative estimate of drug-likeness (QED) is 0.383. The number of ketones is 1. The molecule has 0 bridgehead atoms. The molecule has 0 unspecified atom stereocenters. The number of rotatable bonds is 5. The van der Waals surface area contributed by atoms with Gasteiger partial charge in [-0.15, -0.1) is 0 Å². The number of nitrogens with zero attached hydrogens (tertiary/aromatic N) is 1. The molecule has 7 heteroatoms. The number of aromatic hydroxyl groups is 1. The lowest BCUT2D eigenvalue weighted by molar-refractivity contribution is -0.857. The van der Waals surface area contributed by atoms with E-state index in [0.29, 0.717) is 30.6 Å². The number of Topliss-reactive ketones (excluding diaryl/α,β-unsaturated/α-hetero) is 1. The number of likely N-dealkylation sites (tertiary alicyclic amines) is 1. The van der Waals surface area contributed by atoms with Crippen LogP contribution >= 0.6 is 0 Å². The van der Waals surface area contributed by atoms with E-state index in [0.717, 1.165) is 16.2 Å². The summed E-state index contributed by atoms with van der Waals surface area (Å²) >= 11 is 0. The van der Waals surface area contributed by atoms with Crippen molar-refractivity contribution < 1.29 is 29.4 Å². The largest absolute Gasteiger partial charge is 0.508 e. The Labute approximate surface area is 181 Å². The van der Waals surface area contributed by atoms with Crippen molar-refractivity contribution in [1.82, 2.24) is 4.90 Å². The molecule has 1 saturated heterocycles. The number of ether oxygens (including phenoxy) is 1. The summed E-state index contributed by atoms with van der Waals surface area (Å²) in [6, 6.07) is 11.0. The Morgan fingerprint density at radius 2 is 1.97 bits per heavy atom. The summed E-state index contributed by atoms with van der Waals surface area (Å²) in [5, 5.41) is 21.2. The third-order valence-corrected chi connectivity index (χ3v) is 5.75. The number of phenols is 1. The second-order valence-electron chi connectivity index (χ2n) is 8.50. The fourth-order valence-electron chi connectivity index (χ4n) is 4.22. The number of carbonyl (C=O) groups is 2. The first kappa shape index (κ1) is 20.9. The van der Waals surface area contributed by atoms with Crippen LogP contribution in [0.3, 0.4) is 0 Å². The second kappa shape index (κ2) is 8.07. The topological polar surface area (TPSA) is 91.5 Å². The van der Waals surface area contributed by atoms with Gasteiger partial charge in [0, 0.05) is 12.0 Å². The zero-order valence-corrected chi connectivity index (χ0v) is 17.9. The maximum Gasteiger partial charge on any atom is 0.295 e. The van der Waals surface area contributed by atoms with E-state index in [1.807, 2.05) is 27.1 Å². The van der Waals surface area contributed by atoms with Crippen molar-refractivity contribution in [3.8, 4) is 11.5 Å². The van der Waals surface area contributed by atoms with Crippen molar-refractivity contribution >= 4 is 17.4 Å². The van der Waals surface area contributed by atoms with Gasteiger partial charge in [-0.25, -0.2) is 0 Å². The molecule has 162 valence electrons. The molecule has 0 aliphatic carbocycles. The molecule has 2 atom stereocenters. The van der Waals surface area contributed by atoms with Crippen LogP contribution in [-0.2, 0) is 16.0 Å². The van der Waals surface area contributed by atoms with Crippen LogP contribution in [-0.4, -0.2) is 60.1 Å². The van der Waals surface area contributed by atoms with E-state index in [9.17, 15) is 19.8 Å². The third kappa shape index (κ3) is 3.88. The standard InChI is InChI=1S/C24H26N2O5/c1-14-11-17-12-16(7-8-19(17)31-14)22(28)20-21(15-5-4-6-18(27)13-15)26(10-9-25(2)3)24(30)23(20)29/h4-8,12-14,21,27-28H,9-11H2,1-3H3/p+1/t14-,21-/m0/s1. The van der Waals surface area contributed by atoms with E-state index >= 15 is 0 Å². The lowest BCUT2D eigenvalue weighted by Gasteiger charge is -2.25. The zero-order valence-electron chi connectivity index (χ0n) is 17.9. The third-order valence-electron chi connectivity index (χ3n) is 5.75. The van der Waals surface area contributed by atoms with Gasteiger partial charge >= 0.3 is 0 Å². The average Bonchev–Trinajstić information content (AvgIpc) is 3.22. The van der Waals surface area contributed by atoms with Crippen molar-refractivity contribution in [2.45, 2.75) is 25.5 Å². The summed E-state index contributed by atoms with van der Waals surface area (Å²) in [7, 11) is 3.93. The molecule has 31 heavy (non-hydrogen) atoms. The number of hydrogen-bond donors (Lipinski definition) is 3. The minimum atomic E-state index is -0.769. The molecule has 2 aromatic carbocycles. The van der Waals surface area contributed by atoms with Crippen molar-refractivity contribution in [3.63, 3.8) is 0 Å². The lowest BCUT2D eigenvalue weighted by atomic mass is 9.94. The minimum Gasteiger partial charge on any atom is -0.508 e. The molecule has 2 aliphatic rings. The maximum absolute atomic E-state index is 13.0. The number of nitrogens with one attached hydrogen (secondary N) is 1. The molecular weight excluding hydrogens is 396 g/mol. The van der Waals surface area contributed by atoms with Gasteiger partial charge < -0.3 is 24.7 Å². The number of phenolic OH excluding ortho intramolecular Hbond substituents is 1. The fourth-order valence-corrected chi connectivity index (χ4v) is 4.22. The Morgan fingerprint density at radius 3 is 2.68 bits per heavy atom. The summed E-state index contributed by atoms with van der Waals surface area (Å²) in [5.74, 6) is -0.777. The van der Waals surface area contributed by atoms with Crippen LogP contribution < -0.4 is 9.64 Å². The Balaban J connectivity index is 1.82. The Hall–Kier alpha value is -3.32. The molecule has 0 spiro atoms. The maximum atomic E-state index is 13.0. The number of aliphatic hydroxyl groups excluding tert-OH is 1. The van der Waals surface area contributed by atoms with Crippen LogP contribution in [0.4, 0.5) is 0 Å². The first-order chi connectivity index (χ1) is 14.8. The van der Waals surface area contributed by atoms with Crippen molar-refractivity contribution in [3.05, 3.63) is 64.7 Å². The molecule has 7 nitrogen and oxygen atoms in total. The van der Waals surface area contributed by atoms with E-state index in [1.54, 1.807) is 24.3 Å². The smallest absolute Gasteiger partial charge is 0.295 e. The summed E-state index contributed by atoms with van der Waals surface area (Å²) < 4.78 is 5.72. The monoisotopic (exact) mass is 423 g/mol. The van der Waals surface area contributed by atoms with Gasteiger partial charge in [-0.1, -0.05) is 12.1 Å². The zero-order chi connectivity index (χ0) is 22.3. The van der Waals surface area contributed by atoms with E-state index in [2.05, 4.69) is 0 Å². The predicted octanol–water partition coefficient (Wildman–Crippen LogP) is 1.28. The van der Waals surface area contributed by atoms with Gasteiger partial charge in [-0.3, -0.25) is 9.59 Å². The summed E-state index contributed by atoms with van der Waals surface area (Å²) in [6.45, 7) is 2.95. The van der Waals surface area contributed by atoms with Crippen molar-refractivity contribution in [1.29, 1.82) is 0 Å². The van der Waals surface area contributed by atoms with E-state index in [4.69, 9.17) is 4.74 Å². The number of amides is 1. The summed E-state index contributed by atoms with van der Waals surface area (Å²) in [4.78, 5) is 28.5. The highest BCUT2D eigenvalue weighted by Gasteiger charge is 2.46. The van der Waals surface area contributed by atoms with E-state index in [-0.39, 0.29) is 23.2 Å². The number of hydrogen-bond acceptors (Lipinski definition) is 5. The van der Waals surface area contributed by atoms with Crippen LogP contribution in [0.25, 0.3) is 5.76 Å². The Bertz CT molecular complexity index is 1080. The summed E-state index contributed by atoms with van der Waals surface area (Å²) in [6.07, 6.45) is 0.769. The normalized spacial score (nSPS) is 22.1. The number of likely N-dealkylation sites (N-methyl/N-ethyl adjacent to an activating group) is 1. The SMILES string of the molecule is C[C@H]1Cc2cc(C(O)=C3C(=O)C(=O)N(CC[NH+](C)C)[C@H]3c3cccc(O)c3)ccc2O1. The van der Waals surface area contributed by atoms with Crippen LogP contribution in [0.1, 0.15) is 29.7 Å². The predicted molar refractivity (Wildman–Crippen MR) is 115 cm³/mol. The van der Waals surface area contributed by atoms with E-state index < -0.39 is 17.7 Å². The molecule has 1 amide bonds. The molecule has 1 fully saturated rings. The number of fused-ring (bicyclic) bond motifs is 1. The fraction of sp³-hybridized carbons (Fsp3) is 0.333. The number of benzene rings is 2. The van der Waals surface area contributed by atoms with Gasteiger partial charge in [-0.05, 0) is 48.4 Å². The molecule has 2 aliphatic heterocycles. The molecule has 2 aromatic rings. The second-order valence-corrected chi connectivity index (χ2v) is 8.50. The van der Waals surface area contributed by atoms with Crippen molar-refractivity contribution in [2.75, 3.05) is 27.2 Å². The number of quaternary nitrogens is 1.